The molecule has 1 unspecified atom stereocenters. The molecule has 0 heterocycles. The average Bonchev–Trinajstić information content (AvgIpc) is 2.72. The third-order valence-corrected chi connectivity index (χ3v) is 4.99. The molecule has 0 bridgehead atoms. The molecule has 4 nitrogen and oxygen atoms in total. The van der Waals surface area contributed by atoms with Crippen molar-refractivity contribution in [1.82, 2.24) is 0 Å². The van der Waals surface area contributed by atoms with E-state index in [1.54, 1.807) is 26.2 Å². The van der Waals surface area contributed by atoms with Crippen molar-refractivity contribution in [3.8, 4) is 11.5 Å². The van der Waals surface area contributed by atoms with Crippen LogP contribution in [0.25, 0.3) is 0 Å². The minimum absolute atomic E-state index is 0.229. The Hall–Kier alpha value is -2.98. The standard InChI is InChI=1S/C24H23ClO4/c1-24(23(26)27,16-19-3-9-20(25)10-4-19)29-22-13-7-18(8-14-22)15-17-5-11-21(28-2)12-6-17/h3-14H,15-16H2,1-2H3,(H,26,27). The molecule has 0 spiro atoms. The van der Waals surface area contributed by atoms with Crippen LogP contribution < -0.4 is 9.47 Å². The molecule has 1 N–H and O–H groups in total. The second-order valence-corrected chi connectivity index (χ2v) is 7.55. The maximum atomic E-state index is 11.9. The van der Waals surface area contributed by atoms with Crippen LogP contribution in [0.2, 0.25) is 5.02 Å². The second kappa shape index (κ2) is 9.01. The van der Waals surface area contributed by atoms with Gasteiger partial charge in [-0.15, -0.1) is 0 Å². The number of aliphatic carboxylic acids is 1. The van der Waals surface area contributed by atoms with E-state index in [-0.39, 0.29) is 6.42 Å². The topological polar surface area (TPSA) is 55.8 Å². The van der Waals surface area contributed by atoms with Crippen LogP contribution in [0.5, 0.6) is 11.5 Å². The van der Waals surface area contributed by atoms with Crippen LogP contribution in [-0.2, 0) is 17.6 Å². The lowest BCUT2D eigenvalue weighted by atomic mass is 9.96. The van der Waals surface area contributed by atoms with Gasteiger partial charge in [-0.3, -0.25) is 0 Å². The van der Waals surface area contributed by atoms with Gasteiger partial charge in [0.15, 0.2) is 0 Å². The van der Waals surface area contributed by atoms with Crippen molar-refractivity contribution in [1.29, 1.82) is 0 Å². The van der Waals surface area contributed by atoms with Gasteiger partial charge in [0, 0.05) is 11.4 Å². The number of ether oxygens (including phenoxy) is 2. The Balaban J connectivity index is 1.69. The van der Waals surface area contributed by atoms with Crippen molar-refractivity contribution >= 4 is 17.6 Å². The summed E-state index contributed by atoms with van der Waals surface area (Å²) < 4.78 is 11.1. The quantitative estimate of drug-likeness (QED) is 0.539. The fourth-order valence-electron chi connectivity index (χ4n) is 3.06. The number of benzene rings is 3. The van der Waals surface area contributed by atoms with E-state index in [4.69, 9.17) is 21.1 Å². The van der Waals surface area contributed by atoms with E-state index in [2.05, 4.69) is 0 Å². The molecule has 3 rings (SSSR count). The van der Waals surface area contributed by atoms with E-state index in [0.29, 0.717) is 10.8 Å². The van der Waals surface area contributed by atoms with E-state index in [1.165, 1.54) is 0 Å². The molecule has 0 radical (unpaired) electrons. The molecule has 0 aromatic heterocycles. The fraction of sp³-hybridized carbons (Fsp3) is 0.208. The van der Waals surface area contributed by atoms with Crippen molar-refractivity contribution in [3.63, 3.8) is 0 Å². The molecule has 29 heavy (non-hydrogen) atoms. The van der Waals surface area contributed by atoms with E-state index < -0.39 is 11.6 Å². The van der Waals surface area contributed by atoms with Crippen molar-refractivity contribution in [2.24, 2.45) is 0 Å². The lowest BCUT2D eigenvalue weighted by Gasteiger charge is -2.26. The van der Waals surface area contributed by atoms with Gasteiger partial charge in [-0.25, -0.2) is 4.79 Å². The highest BCUT2D eigenvalue weighted by Gasteiger charge is 2.36. The van der Waals surface area contributed by atoms with Crippen molar-refractivity contribution in [3.05, 3.63) is 94.5 Å². The highest BCUT2D eigenvalue weighted by Crippen LogP contribution is 2.25. The maximum Gasteiger partial charge on any atom is 0.348 e. The highest BCUT2D eigenvalue weighted by molar-refractivity contribution is 6.30. The number of hydrogen-bond acceptors (Lipinski definition) is 3. The summed E-state index contributed by atoms with van der Waals surface area (Å²) in [6, 6.07) is 22.5. The fourth-order valence-corrected chi connectivity index (χ4v) is 3.19. The number of methoxy groups -OCH3 is 1. The van der Waals surface area contributed by atoms with Crippen LogP contribution in [0.1, 0.15) is 23.6 Å². The normalized spacial score (nSPS) is 12.8. The van der Waals surface area contributed by atoms with Gasteiger partial charge < -0.3 is 14.6 Å². The molecule has 3 aromatic carbocycles. The first-order valence-corrected chi connectivity index (χ1v) is 9.64. The molecule has 0 aliphatic rings. The van der Waals surface area contributed by atoms with Gasteiger partial charge in [-0.2, -0.15) is 0 Å². The molecule has 3 aromatic rings. The van der Waals surface area contributed by atoms with Crippen LogP contribution in [-0.4, -0.2) is 23.8 Å². The average molecular weight is 411 g/mol. The summed E-state index contributed by atoms with van der Waals surface area (Å²) in [5, 5.41) is 10.4. The molecule has 5 heteroatoms. The monoisotopic (exact) mass is 410 g/mol. The molecular formula is C24H23ClO4. The molecule has 0 aliphatic carbocycles. The third-order valence-electron chi connectivity index (χ3n) is 4.74. The minimum Gasteiger partial charge on any atom is -0.497 e. The molecule has 0 aliphatic heterocycles. The van der Waals surface area contributed by atoms with E-state index in [0.717, 1.165) is 28.9 Å². The summed E-state index contributed by atoms with van der Waals surface area (Å²) in [7, 11) is 1.64. The largest absolute Gasteiger partial charge is 0.497 e. The summed E-state index contributed by atoms with van der Waals surface area (Å²) >= 11 is 5.91. The van der Waals surface area contributed by atoms with Crippen molar-refractivity contribution < 1.29 is 19.4 Å². The lowest BCUT2D eigenvalue weighted by Crippen LogP contribution is -2.43. The number of carboxylic acid groups (broad SMARTS) is 1. The zero-order valence-electron chi connectivity index (χ0n) is 16.4. The molecule has 0 fully saturated rings. The zero-order chi connectivity index (χ0) is 20.9. The SMILES string of the molecule is COc1ccc(Cc2ccc(OC(C)(Cc3ccc(Cl)cc3)C(=O)O)cc2)cc1. The number of carboxylic acids is 1. The van der Waals surface area contributed by atoms with Crippen LogP contribution in [0.15, 0.2) is 72.8 Å². The van der Waals surface area contributed by atoms with E-state index >= 15 is 0 Å². The smallest absolute Gasteiger partial charge is 0.348 e. The van der Waals surface area contributed by atoms with Gasteiger partial charge in [-0.05, 0) is 66.4 Å². The van der Waals surface area contributed by atoms with Crippen LogP contribution >= 0.6 is 11.6 Å². The summed E-state index contributed by atoms with van der Waals surface area (Å²) in [6.45, 7) is 1.58. The number of rotatable bonds is 8. The van der Waals surface area contributed by atoms with Gasteiger partial charge in [0.25, 0.3) is 0 Å². The highest BCUT2D eigenvalue weighted by atomic mass is 35.5. The van der Waals surface area contributed by atoms with Crippen molar-refractivity contribution in [2.45, 2.75) is 25.4 Å². The Morgan fingerprint density at radius 1 is 0.862 bits per heavy atom. The first-order chi connectivity index (χ1) is 13.9. The summed E-state index contributed by atoms with van der Waals surface area (Å²) in [6.07, 6.45) is 0.998. The van der Waals surface area contributed by atoms with Gasteiger partial charge in [-0.1, -0.05) is 48.0 Å². The summed E-state index contributed by atoms with van der Waals surface area (Å²) in [5.74, 6) is 0.322. The maximum absolute atomic E-state index is 11.9. The Bertz CT molecular complexity index is 950. The lowest BCUT2D eigenvalue weighted by molar-refractivity contribution is -0.153. The van der Waals surface area contributed by atoms with E-state index in [9.17, 15) is 9.90 Å². The van der Waals surface area contributed by atoms with Crippen molar-refractivity contribution in [2.75, 3.05) is 7.11 Å². The van der Waals surface area contributed by atoms with Gasteiger partial charge in [0.1, 0.15) is 11.5 Å². The molecular weight excluding hydrogens is 388 g/mol. The Morgan fingerprint density at radius 2 is 1.34 bits per heavy atom. The summed E-state index contributed by atoms with van der Waals surface area (Å²) in [5.41, 5.74) is 1.73. The van der Waals surface area contributed by atoms with E-state index in [1.807, 2.05) is 60.7 Å². The Kier molecular flexibility index (Phi) is 6.45. The predicted octanol–water partition coefficient (Wildman–Crippen LogP) is 5.40. The Morgan fingerprint density at radius 3 is 1.83 bits per heavy atom. The Labute approximate surface area is 175 Å². The number of halogens is 1. The number of hydrogen-bond donors (Lipinski definition) is 1. The molecule has 0 saturated heterocycles. The van der Waals surface area contributed by atoms with Crippen LogP contribution in [0.4, 0.5) is 0 Å². The van der Waals surface area contributed by atoms with Gasteiger partial charge >= 0.3 is 5.97 Å². The zero-order valence-corrected chi connectivity index (χ0v) is 17.1. The molecule has 1 atom stereocenters. The first kappa shape index (κ1) is 20.7. The number of carbonyl (C=O) groups is 1. The summed E-state index contributed by atoms with van der Waals surface area (Å²) in [4.78, 5) is 11.9. The molecule has 150 valence electrons. The van der Waals surface area contributed by atoms with Crippen LogP contribution in [0, 0.1) is 0 Å². The second-order valence-electron chi connectivity index (χ2n) is 7.11. The minimum atomic E-state index is -1.38. The predicted molar refractivity (Wildman–Crippen MR) is 114 cm³/mol. The van der Waals surface area contributed by atoms with Crippen LogP contribution in [0.3, 0.4) is 0 Å². The molecule has 0 amide bonds. The third kappa shape index (κ3) is 5.52. The first-order valence-electron chi connectivity index (χ1n) is 9.27. The van der Waals surface area contributed by atoms with Gasteiger partial charge in [0.2, 0.25) is 5.60 Å². The van der Waals surface area contributed by atoms with Gasteiger partial charge in [0.05, 0.1) is 7.11 Å². The molecule has 0 saturated carbocycles.